The highest BCUT2D eigenvalue weighted by molar-refractivity contribution is 6.11. The molecule has 7 heteroatoms. The van der Waals surface area contributed by atoms with Crippen LogP contribution in [0.2, 0.25) is 0 Å². The molecule has 3 rings (SSSR count). The first-order chi connectivity index (χ1) is 14.4. The highest BCUT2D eigenvalue weighted by atomic mass is 16.3. The lowest BCUT2D eigenvalue weighted by Gasteiger charge is -2.42. The summed E-state index contributed by atoms with van der Waals surface area (Å²) >= 11 is 0. The fourth-order valence-corrected chi connectivity index (χ4v) is 3.73. The maximum absolute atomic E-state index is 13.3. The van der Waals surface area contributed by atoms with Gasteiger partial charge in [0.2, 0.25) is 0 Å². The second-order valence-corrected chi connectivity index (χ2v) is 7.29. The zero-order valence-electron chi connectivity index (χ0n) is 17.8. The number of urea groups is 1. The Labute approximate surface area is 177 Å². The maximum Gasteiger partial charge on any atom is 0.329 e. The largest absolute Gasteiger partial charge is 0.359 e. The Morgan fingerprint density at radius 3 is 2.40 bits per heavy atom. The van der Waals surface area contributed by atoms with E-state index in [4.69, 9.17) is 0 Å². The number of carbonyl (C=O) groups is 2. The summed E-state index contributed by atoms with van der Waals surface area (Å²) in [4.78, 5) is 29.6. The molecular formula is C23H30N4O3. The average molecular weight is 411 g/mol. The normalized spacial score (nSPS) is 18.2. The molecule has 1 aliphatic rings. The van der Waals surface area contributed by atoms with E-state index in [2.05, 4.69) is 29.4 Å². The van der Waals surface area contributed by atoms with Crippen LogP contribution in [-0.4, -0.2) is 48.1 Å². The molecule has 0 unspecified atom stereocenters. The van der Waals surface area contributed by atoms with Crippen LogP contribution >= 0.6 is 0 Å². The molecule has 0 aromatic heterocycles. The van der Waals surface area contributed by atoms with Crippen molar-refractivity contribution in [3.63, 3.8) is 0 Å². The molecule has 30 heavy (non-hydrogen) atoms. The topological polar surface area (TPSA) is 84.9 Å². The molecule has 0 radical (unpaired) electrons. The van der Waals surface area contributed by atoms with E-state index in [1.807, 2.05) is 19.1 Å². The fraction of sp³-hybridized carbons (Fsp3) is 0.391. The van der Waals surface area contributed by atoms with Gasteiger partial charge in [-0.1, -0.05) is 51.1 Å². The number of aliphatic hydroxyl groups is 1. The van der Waals surface area contributed by atoms with Gasteiger partial charge in [0.15, 0.2) is 0 Å². The summed E-state index contributed by atoms with van der Waals surface area (Å²) in [5.74, 6) is -0.628. The summed E-state index contributed by atoms with van der Waals surface area (Å²) in [5, 5.41) is 17.3. The molecule has 2 aromatic carbocycles. The molecule has 0 aliphatic carbocycles. The number of rotatable bonds is 8. The highest BCUT2D eigenvalue weighted by Crippen LogP contribution is 2.39. The summed E-state index contributed by atoms with van der Waals surface area (Å²) in [6.45, 7) is 8.93. The Balaban J connectivity index is 1.97. The first-order valence-corrected chi connectivity index (χ1v) is 10.5. The number of fused-ring (bicyclic) bond motifs is 1. The lowest BCUT2D eigenvalue weighted by atomic mass is 9.94. The average Bonchev–Trinajstić information content (AvgIpc) is 2.77. The number of nitrogens with one attached hydrogen (secondary N) is 2. The summed E-state index contributed by atoms with van der Waals surface area (Å²) < 4.78 is 0. The van der Waals surface area contributed by atoms with Crippen LogP contribution in [0.15, 0.2) is 48.5 Å². The van der Waals surface area contributed by atoms with Crippen LogP contribution in [0, 0.1) is 0 Å². The number of benzene rings is 2. The number of aryl methyl sites for hydroxylation is 1. The maximum atomic E-state index is 13.3. The number of likely N-dealkylation sites (N-methyl/N-ethyl adjacent to an activating group) is 1. The van der Waals surface area contributed by atoms with Gasteiger partial charge in [0.1, 0.15) is 0 Å². The molecule has 0 saturated heterocycles. The number of hydrogen-bond donors (Lipinski definition) is 3. The predicted molar refractivity (Wildman–Crippen MR) is 118 cm³/mol. The van der Waals surface area contributed by atoms with Crippen LogP contribution in [0.4, 0.5) is 16.2 Å². The Hall–Kier alpha value is -2.90. The van der Waals surface area contributed by atoms with Crippen LogP contribution in [0.1, 0.15) is 31.9 Å². The summed E-state index contributed by atoms with van der Waals surface area (Å²) in [6.07, 6.45) is 0.853. The number of amides is 3. The lowest BCUT2D eigenvalue weighted by Crippen LogP contribution is -2.63. The molecule has 0 spiro atoms. The second-order valence-electron chi connectivity index (χ2n) is 7.29. The van der Waals surface area contributed by atoms with Crippen molar-refractivity contribution in [1.82, 2.24) is 10.2 Å². The van der Waals surface area contributed by atoms with Crippen molar-refractivity contribution < 1.29 is 14.7 Å². The van der Waals surface area contributed by atoms with Gasteiger partial charge in [0.05, 0.1) is 5.69 Å². The Bertz CT molecular complexity index is 896. The van der Waals surface area contributed by atoms with Gasteiger partial charge in [0, 0.05) is 24.3 Å². The van der Waals surface area contributed by atoms with E-state index in [0.29, 0.717) is 30.0 Å². The molecule has 1 heterocycles. The van der Waals surface area contributed by atoms with E-state index < -0.39 is 17.7 Å². The predicted octanol–water partition coefficient (Wildman–Crippen LogP) is 2.90. The number of anilines is 2. The van der Waals surface area contributed by atoms with Crippen molar-refractivity contribution in [2.75, 3.05) is 36.4 Å². The first-order valence-electron chi connectivity index (χ1n) is 10.5. The number of para-hydroxylation sites is 1. The number of hydrogen-bond acceptors (Lipinski definition) is 4. The number of carbonyl (C=O) groups excluding carboxylic acids is 2. The molecule has 0 saturated carbocycles. The van der Waals surface area contributed by atoms with E-state index in [1.54, 1.807) is 36.4 Å². The lowest BCUT2D eigenvalue weighted by molar-refractivity contribution is -0.140. The van der Waals surface area contributed by atoms with Crippen LogP contribution in [0.5, 0.6) is 0 Å². The van der Waals surface area contributed by atoms with Crippen LogP contribution < -0.4 is 15.5 Å². The molecule has 160 valence electrons. The second kappa shape index (κ2) is 9.28. The molecule has 1 aliphatic heterocycles. The van der Waals surface area contributed by atoms with Crippen LogP contribution in [0.3, 0.4) is 0 Å². The van der Waals surface area contributed by atoms with Crippen molar-refractivity contribution >= 4 is 23.3 Å². The van der Waals surface area contributed by atoms with Gasteiger partial charge in [0.25, 0.3) is 11.6 Å². The standard InChI is InChI=1S/C23H30N4O3/c1-4-17-11-13-18(14-12-17)27-22(29)25-20-10-8-7-9-19(20)23(27,30)21(28)24-15-16-26(5-2)6-3/h7-14,30H,4-6,15-16H2,1-3H3,(H,24,28)(H,25,29)/t23-/m1/s1. The van der Waals surface area contributed by atoms with Crippen molar-refractivity contribution in [3.05, 3.63) is 59.7 Å². The SMILES string of the molecule is CCc1ccc(N2C(=O)Nc3ccccc3[C@@]2(O)C(=O)NCCN(CC)CC)cc1. The van der Waals surface area contributed by atoms with Crippen molar-refractivity contribution in [2.24, 2.45) is 0 Å². The number of nitrogens with zero attached hydrogens (tertiary/aromatic N) is 2. The molecule has 7 nitrogen and oxygen atoms in total. The minimum atomic E-state index is -2.16. The molecule has 0 fully saturated rings. The molecule has 3 N–H and O–H groups in total. The smallest absolute Gasteiger partial charge is 0.329 e. The van der Waals surface area contributed by atoms with Gasteiger partial charge >= 0.3 is 6.03 Å². The summed E-state index contributed by atoms with van der Waals surface area (Å²) in [5.41, 5.74) is 0.148. The minimum Gasteiger partial charge on any atom is -0.359 e. The quantitative estimate of drug-likeness (QED) is 0.625. The fourth-order valence-electron chi connectivity index (χ4n) is 3.73. The molecule has 0 bridgehead atoms. The molecule has 2 aromatic rings. The van der Waals surface area contributed by atoms with Crippen LogP contribution in [0.25, 0.3) is 0 Å². The Kier molecular flexibility index (Phi) is 6.74. The third-order valence-electron chi connectivity index (χ3n) is 5.60. The van der Waals surface area contributed by atoms with E-state index in [-0.39, 0.29) is 0 Å². The summed E-state index contributed by atoms with van der Waals surface area (Å²) in [7, 11) is 0. The van der Waals surface area contributed by atoms with Crippen molar-refractivity contribution in [3.8, 4) is 0 Å². The minimum absolute atomic E-state index is 0.338. The van der Waals surface area contributed by atoms with Gasteiger partial charge in [-0.25, -0.2) is 4.79 Å². The van der Waals surface area contributed by atoms with E-state index >= 15 is 0 Å². The zero-order chi connectivity index (χ0) is 21.7. The Morgan fingerprint density at radius 2 is 1.77 bits per heavy atom. The third kappa shape index (κ3) is 4.04. The summed E-state index contributed by atoms with van der Waals surface area (Å²) in [6, 6.07) is 13.6. The highest BCUT2D eigenvalue weighted by Gasteiger charge is 2.51. The van der Waals surface area contributed by atoms with E-state index in [9.17, 15) is 14.7 Å². The van der Waals surface area contributed by atoms with Crippen LogP contribution in [-0.2, 0) is 16.9 Å². The first kappa shape index (κ1) is 21.8. The molecular weight excluding hydrogens is 380 g/mol. The van der Waals surface area contributed by atoms with Crippen molar-refractivity contribution in [2.45, 2.75) is 32.9 Å². The Morgan fingerprint density at radius 1 is 1.10 bits per heavy atom. The zero-order valence-corrected chi connectivity index (χ0v) is 17.8. The molecule has 1 atom stereocenters. The van der Waals surface area contributed by atoms with Crippen molar-refractivity contribution in [1.29, 1.82) is 0 Å². The van der Waals surface area contributed by atoms with E-state index in [1.165, 1.54) is 0 Å². The van der Waals surface area contributed by atoms with Gasteiger partial charge in [-0.15, -0.1) is 0 Å². The molecule has 3 amide bonds. The monoisotopic (exact) mass is 410 g/mol. The van der Waals surface area contributed by atoms with Gasteiger partial charge in [-0.3, -0.25) is 9.69 Å². The van der Waals surface area contributed by atoms with Gasteiger partial charge in [-0.05, 0) is 43.3 Å². The third-order valence-corrected chi connectivity index (χ3v) is 5.60. The van der Waals surface area contributed by atoms with E-state index in [0.717, 1.165) is 30.0 Å². The van der Waals surface area contributed by atoms with Gasteiger partial charge < -0.3 is 20.6 Å². The van der Waals surface area contributed by atoms with Gasteiger partial charge in [-0.2, -0.15) is 0 Å².